The van der Waals surface area contributed by atoms with Crippen molar-refractivity contribution in [2.75, 3.05) is 43.4 Å². The smallest absolute Gasteiger partial charge is 0.233 e. The second-order valence-corrected chi connectivity index (χ2v) is 5.62. The van der Waals surface area contributed by atoms with Gasteiger partial charge in [0.1, 0.15) is 11.6 Å². The minimum Gasteiger partial charge on any atom is -0.383 e. The predicted molar refractivity (Wildman–Crippen MR) is 80.4 cm³/mol. The molecule has 2 heterocycles. The number of amides is 2. The van der Waals surface area contributed by atoms with Gasteiger partial charge in [-0.2, -0.15) is 0 Å². The lowest BCUT2D eigenvalue weighted by atomic mass is 10.3. The van der Waals surface area contributed by atoms with Gasteiger partial charge in [0, 0.05) is 39.2 Å². The summed E-state index contributed by atoms with van der Waals surface area (Å²) in [7, 11) is 0. The first kappa shape index (κ1) is 15.4. The number of piperazine rings is 1. The molecule has 0 aromatic carbocycles. The van der Waals surface area contributed by atoms with Gasteiger partial charge in [-0.05, 0) is 0 Å². The van der Waals surface area contributed by atoms with Gasteiger partial charge in [-0.1, -0.05) is 11.8 Å². The Morgan fingerprint density at radius 2 is 1.67 bits per heavy atom. The molecule has 2 amide bonds. The minimum atomic E-state index is -0.00667. The molecule has 0 aliphatic carbocycles. The first-order chi connectivity index (χ1) is 9.95. The van der Waals surface area contributed by atoms with Crippen LogP contribution in [0.4, 0.5) is 11.6 Å². The minimum absolute atomic E-state index is 0.00667. The lowest BCUT2D eigenvalue weighted by Crippen LogP contribution is -2.50. The Morgan fingerprint density at radius 1 is 1.14 bits per heavy atom. The molecular weight excluding hydrogens is 292 g/mol. The van der Waals surface area contributed by atoms with Crippen LogP contribution in [-0.2, 0) is 9.59 Å². The Labute approximate surface area is 126 Å². The summed E-state index contributed by atoms with van der Waals surface area (Å²) in [6.45, 7) is 3.80. The van der Waals surface area contributed by atoms with Crippen LogP contribution in [-0.4, -0.2) is 63.5 Å². The van der Waals surface area contributed by atoms with E-state index in [1.807, 2.05) is 0 Å². The number of aromatic nitrogens is 2. The lowest BCUT2D eigenvalue weighted by Gasteiger charge is -2.34. The van der Waals surface area contributed by atoms with E-state index >= 15 is 0 Å². The number of carbonyl (C=O) groups is 2. The number of hydrogen-bond donors (Lipinski definition) is 2. The fraction of sp³-hybridized carbons (Fsp3) is 0.500. The highest BCUT2D eigenvalue weighted by Crippen LogP contribution is 2.17. The number of rotatable bonds is 3. The fourth-order valence-corrected chi connectivity index (χ4v) is 2.79. The van der Waals surface area contributed by atoms with Gasteiger partial charge < -0.3 is 21.3 Å². The summed E-state index contributed by atoms with van der Waals surface area (Å²) in [5.74, 6) is 0.830. The topological polar surface area (TPSA) is 118 Å². The second kappa shape index (κ2) is 6.61. The van der Waals surface area contributed by atoms with Crippen molar-refractivity contribution < 1.29 is 9.59 Å². The monoisotopic (exact) mass is 310 g/mol. The third-order valence-corrected chi connectivity index (χ3v) is 3.98. The average molecular weight is 310 g/mol. The van der Waals surface area contributed by atoms with Gasteiger partial charge in [0.15, 0.2) is 5.16 Å². The maximum Gasteiger partial charge on any atom is 0.233 e. The third-order valence-electron chi connectivity index (χ3n) is 3.15. The number of thioether (sulfide) groups is 1. The van der Waals surface area contributed by atoms with Gasteiger partial charge in [-0.3, -0.25) is 9.59 Å². The first-order valence-electron chi connectivity index (χ1n) is 6.52. The lowest BCUT2D eigenvalue weighted by molar-refractivity contribution is -0.136. The zero-order valence-electron chi connectivity index (χ0n) is 11.8. The Hall–Kier alpha value is -2.03. The summed E-state index contributed by atoms with van der Waals surface area (Å²) in [5, 5.41) is 0.392. The van der Waals surface area contributed by atoms with E-state index in [1.54, 1.807) is 9.80 Å². The molecule has 9 heteroatoms. The normalized spacial score (nSPS) is 15.1. The SMILES string of the molecule is CC(=O)N1CCN(C(=O)CSc2nc(N)cc(N)n2)CC1. The largest absolute Gasteiger partial charge is 0.383 e. The van der Waals surface area contributed by atoms with Crippen LogP contribution < -0.4 is 11.5 Å². The first-order valence-corrected chi connectivity index (χ1v) is 7.50. The number of nitrogens with two attached hydrogens (primary N) is 2. The summed E-state index contributed by atoms with van der Waals surface area (Å²) < 4.78 is 0. The molecule has 1 saturated heterocycles. The molecule has 2 rings (SSSR count). The van der Waals surface area contributed by atoms with Crippen LogP contribution in [0.15, 0.2) is 11.2 Å². The maximum atomic E-state index is 12.1. The van der Waals surface area contributed by atoms with Crippen molar-refractivity contribution in [3.63, 3.8) is 0 Å². The number of hydrogen-bond acceptors (Lipinski definition) is 7. The van der Waals surface area contributed by atoms with Crippen LogP contribution in [0.1, 0.15) is 6.92 Å². The molecule has 1 aromatic rings. The van der Waals surface area contributed by atoms with Crippen molar-refractivity contribution in [3.8, 4) is 0 Å². The van der Waals surface area contributed by atoms with Crippen LogP contribution in [0.25, 0.3) is 0 Å². The molecular formula is C12H18N6O2S. The maximum absolute atomic E-state index is 12.1. The third kappa shape index (κ3) is 4.22. The quantitative estimate of drug-likeness (QED) is 0.566. The molecule has 4 N–H and O–H groups in total. The average Bonchev–Trinajstić information content (AvgIpc) is 2.44. The van der Waals surface area contributed by atoms with Gasteiger partial charge in [-0.25, -0.2) is 9.97 Å². The van der Waals surface area contributed by atoms with Crippen molar-refractivity contribution in [1.29, 1.82) is 0 Å². The Kier molecular flexibility index (Phi) is 4.84. The van der Waals surface area contributed by atoms with Crippen molar-refractivity contribution >= 4 is 35.2 Å². The molecule has 0 radical (unpaired) electrons. The Morgan fingerprint density at radius 3 is 2.19 bits per heavy atom. The van der Waals surface area contributed by atoms with E-state index in [4.69, 9.17) is 11.5 Å². The van der Waals surface area contributed by atoms with E-state index in [0.717, 1.165) is 0 Å². The molecule has 0 bridgehead atoms. The summed E-state index contributed by atoms with van der Waals surface area (Å²) in [4.78, 5) is 34.8. The van der Waals surface area contributed by atoms with E-state index in [2.05, 4.69) is 9.97 Å². The van der Waals surface area contributed by atoms with Crippen molar-refractivity contribution in [3.05, 3.63) is 6.07 Å². The van der Waals surface area contributed by atoms with Gasteiger partial charge >= 0.3 is 0 Å². The van der Waals surface area contributed by atoms with E-state index in [9.17, 15) is 9.59 Å². The van der Waals surface area contributed by atoms with Crippen LogP contribution in [0.2, 0.25) is 0 Å². The molecule has 8 nitrogen and oxygen atoms in total. The second-order valence-electron chi connectivity index (χ2n) is 4.68. The number of carbonyl (C=O) groups excluding carboxylic acids is 2. The highest BCUT2D eigenvalue weighted by molar-refractivity contribution is 7.99. The van der Waals surface area contributed by atoms with E-state index in [-0.39, 0.29) is 29.2 Å². The van der Waals surface area contributed by atoms with Crippen molar-refractivity contribution in [2.24, 2.45) is 0 Å². The van der Waals surface area contributed by atoms with Crippen LogP contribution in [0, 0.1) is 0 Å². The highest BCUT2D eigenvalue weighted by atomic mass is 32.2. The predicted octanol–water partition coefficient (Wildman–Crippen LogP) is -0.576. The summed E-state index contributed by atoms with van der Waals surface area (Å²) in [6.07, 6.45) is 0. The molecule has 0 atom stereocenters. The van der Waals surface area contributed by atoms with E-state index in [1.165, 1.54) is 24.8 Å². The Bertz CT molecular complexity index is 524. The molecule has 1 aliphatic rings. The molecule has 0 saturated carbocycles. The van der Waals surface area contributed by atoms with Gasteiger partial charge in [0.2, 0.25) is 11.8 Å². The number of nitrogen functional groups attached to an aromatic ring is 2. The van der Waals surface area contributed by atoms with Crippen LogP contribution in [0.5, 0.6) is 0 Å². The highest BCUT2D eigenvalue weighted by Gasteiger charge is 2.22. The molecule has 1 aliphatic heterocycles. The van der Waals surface area contributed by atoms with E-state index in [0.29, 0.717) is 31.3 Å². The van der Waals surface area contributed by atoms with E-state index < -0.39 is 0 Å². The fourth-order valence-electron chi connectivity index (χ4n) is 2.01. The summed E-state index contributed by atoms with van der Waals surface area (Å²) in [6, 6.07) is 1.47. The van der Waals surface area contributed by atoms with Gasteiger partial charge in [0.05, 0.1) is 5.75 Å². The number of nitrogens with zero attached hydrogens (tertiary/aromatic N) is 4. The van der Waals surface area contributed by atoms with Gasteiger partial charge in [-0.15, -0.1) is 0 Å². The van der Waals surface area contributed by atoms with Crippen LogP contribution in [0.3, 0.4) is 0 Å². The Balaban J connectivity index is 1.84. The number of anilines is 2. The molecule has 1 fully saturated rings. The van der Waals surface area contributed by atoms with Gasteiger partial charge in [0.25, 0.3) is 0 Å². The molecule has 21 heavy (non-hydrogen) atoms. The standard InChI is InChI=1S/C12H18N6O2S/c1-8(19)17-2-4-18(5-3-17)11(20)7-21-12-15-9(13)6-10(14)16-12/h6H,2-5,7H2,1H3,(H4,13,14,15,16). The molecule has 114 valence electrons. The zero-order chi connectivity index (χ0) is 15.4. The zero-order valence-corrected chi connectivity index (χ0v) is 12.6. The molecule has 0 spiro atoms. The van der Waals surface area contributed by atoms with Crippen molar-refractivity contribution in [1.82, 2.24) is 19.8 Å². The summed E-state index contributed by atoms with van der Waals surface area (Å²) in [5.41, 5.74) is 11.1. The summed E-state index contributed by atoms with van der Waals surface area (Å²) >= 11 is 1.20. The van der Waals surface area contributed by atoms with Crippen molar-refractivity contribution in [2.45, 2.75) is 12.1 Å². The van der Waals surface area contributed by atoms with Crippen LogP contribution >= 0.6 is 11.8 Å². The molecule has 0 unspecified atom stereocenters. The molecule has 1 aromatic heterocycles.